The van der Waals surface area contributed by atoms with Crippen molar-refractivity contribution in [1.82, 2.24) is 18.6 Å². The molecule has 0 radical (unpaired) electrons. The maximum absolute atomic E-state index is 11.9. The van der Waals surface area contributed by atoms with Crippen molar-refractivity contribution < 1.29 is 13.2 Å². The van der Waals surface area contributed by atoms with Gasteiger partial charge in [0.1, 0.15) is 6.10 Å². The first kappa shape index (κ1) is 14.2. The van der Waals surface area contributed by atoms with Gasteiger partial charge in [0.05, 0.1) is 0 Å². The van der Waals surface area contributed by atoms with Gasteiger partial charge in [0.25, 0.3) is 10.2 Å². The van der Waals surface area contributed by atoms with E-state index in [0.29, 0.717) is 31.9 Å². The second kappa shape index (κ2) is 5.81. The molecular weight excluding hydrogens is 268 g/mol. The lowest BCUT2D eigenvalue weighted by Gasteiger charge is -2.32. The Morgan fingerprint density at radius 1 is 1.26 bits per heavy atom. The van der Waals surface area contributed by atoms with Gasteiger partial charge in [-0.25, -0.2) is 9.97 Å². The van der Waals surface area contributed by atoms with E-state index in [9.17, 15) is 8.42 Å². The van der Waals surface area contributed by atoms with Crippen molar-refractivity contribution in [3.8, 4) is 6.01 Å². The van der Waals surface area contributed by atoms with Crippen molar-refractivity contribution in [2.45, 2.75) is 18.9 Å². The van der Waals surface area contributed by atoms with Crippen molar-refractivity contribution in [1.29, 1.82) is 0 Å². The Balaban J connectivity index is 1.90. The lowest BCUT2D eigenvalue weighted by molar-refractivity contribution is 0.122. The number of piperidine rings is 1. The summed E-state index contributed by atoms with van der Waals surface area (Å²) in [5.74, 6) is 0. The van der Waals surface area contributed by atoms with Gasteiger partial charge in [-0.3, -0.25) is 0 Å². The van der Waals surface area contributed by atoms with Gasteiger partial charge in [-0.2, -0.15) is 17.0 Å². The number of hydrogen-bond donors (Lipinski definition) is 0. The molecule has 0 saturated carbocycles. The van der Waals surface area contributed by atoms with Crippen molar-refractivity contribution in [3.05, 3.63) is 18.5 Å². The molecule has 1 saturated heterocycles. The average Bonchev–Trinajstić information content (AvgIpc) is 2.40. The average molecular weight is 286 g/mol. The Kier molecular flexibility index (Phi) is 4.33. The molecule has 2 rings (SSSR count). The number of nitrogens with zero attached hydrogens (tertiary/aromatic N) is 4. The third-order valence-corrected chi connectivity index (χ3v) is 4.94. The minimum absolute atomic E-state index is 0.0315. The Morgan fingerprint density at radius 3 is 2.37 bits per heavy atom. The van der Waals surface area contributed by atoms with Gasteiger partial charge in [0.15, 0.2) is 0 Å². The van der Waals surface area contributed by atoms with Crippen LogP contribution < -0.4 is 4.74 Å². The van der Waals surface area contributed by atoms with Crippen LogP contribution >= 0.6 is 0 Å². The number of hydrogen-bond acceptors (Lipinski definition) is 5. The predicted molar refractivity (Wildman–Crippen MR) is 69.9 cm³/mol. The van der Waals surface area contributed by atoms with Crippen molar-refractivity contribution in [2.24, 2.45) is 0 Å². The smallest absolute Gasteiger partial charge is 0.316 e. The van der Waals surface area contributed by atoms with E-state index in [1.807, 2.05) is 0 Å². The molecule has 0 bridgehead atoms. The minimum Gasteiger partial charge on any atom is -0.460 e. The zero-order valence-corrected chi connectivity index (χ0v) is 11.9. The van der Waals surface area contributed by atoms with Crippen molar-refractivity contribution in [2.75, 3.05) is 27.2 Å². The van der Waals surface area contributed by atoms with Crippen molar-refractivity contribution in [3.63, 3.8) is 0 Å². The minimum atomic E-state index is -3.32. The first-order chi connectivity index (χ1) is 9.00. The maximum atomic E-state index is 11.9. The highest BCUT2D eigenvalue weighted by Gasteiger charge is 2.30. The van der Waals surface area contributed by atoms with E-state index in [4.69, 9.17) is 4.74 Å². The molecule has 19 heavy (non-hydrogen) atoms. The van der Waals surface area contributed by atoms with Gasteiger partial charge in [-0.1, -0.05) is 0 Å². The molecule has 7 nitrogen and oxygen atoms in total. The molecular formula is C11H18N4O3S. The molecule has 0 atom stereocenters. The van der Waals surface area contributed by atoms with E-state index in [2.05, 4.69) is 9.97 Å². The summed E-state index contributed by atoms with van der Waals surface area (Å²) in [5, 5.41) is 0. The molecule has 2 heterocycles. The van der Waals surface area contributed by atoms with E-state index in [0.717, 1.165) is 0 Å². The molecule has 8 heteroatoms. The number of rotatable bonds is 4. The second-order valence-electron chi connectivity index (χ2n) is 4.54. The van der Waals surface area contributed by atoms with Crippen LogP contribution in [0, 0.1) is 0 Å². The summed E-state index contributed by atoms with van der Waals surface area (Å²) in [5.41, 5.74) is 0. The van der Waals surface area contributed by atoms with E-state index >= 15 is 0 Å². The Labute approximate surface area is 113 Å². The van der Waals surface area contributed by atoms with E-state index in [1.165, 1.54) is 22.7 Å². The molecule has 0 spiro atoms. The quantitative estimate of drug-likeness (QED) is 0.786. The fourth-order valence-corrected chi connectivity index (χ4v) is 3.04. The van der Waals surface area contributed by atoms with Gasteiger partial charge in [-0.15, -0.1) is 0 Å². The molecule has 0 aromatic carbocycles. The van der Waals surface area contributed by atoms with Crippen LogP contribution in [0.5, 0.6) is 6.01 Å². The van der Waals surface area contributed by atoms with Crippen molar-refractivity contribution >= 4 is 10.2 Å². The van der Waals surface area contributed by atoms with E-state index in [1.54, 1.807) is 18.5 Å². The van der Waals surface area contributed by atoms with E-state index in [-0.39, 0.29) is 6.10 Å². The van der Waals surface area contributed by atoms with E-state index < -0.39 is 10.2 Å². The Hall–Kier alpha value is -1.25. The van der Waals surface area contributed by atoms with Gasteiger partial charge in [0.2, 0.25) is 0 Å². The largest absolute Gasteiger partial charge is 0.460 e. The molecule has 1 aliphatic heterocycles. The molecule has 1 aromatic rings. The first-order valence-electron chi connectivity index (χ1n) is 6.11. The highest BCUT2D eigenvalue weighted by Crippen LogP contribution is 2.18. The number of ether oxygens (including phenoxy) is 1. The number of aromatic nitrogens is 2. The SMILES string of the molecule is CN(C)S(=O)(=O)N1CCC(Oc2ncccn2)CC1. The first-order valence-corrected chi connectivity index (χ1v) is 7.51. The normalized spacial score (nSPS) is 18.7. The van der Waals surface area contributed by atoms with Gasteiger partial charge in [0, 0.05) is 39.6 Å². The highest BCUT2D eigenvalue weighted by atomic mass is 32.2. The van der Waals surface area contributed by atoms with Gasteiger partial charge in [-0.05, 0) is 18.9 Å². The molecule has 0 amide bonds. The summed E-state index contributed by atoms with van der Waals surface area (Å²) in [4.78, 5) is 7.99. The fourth-order valence-electron chi connectivity index (χ4n) is 1.91. The maximum Gasteiger partial charge on any atom is 0.316 e. The Morgan fingerprint density at radius 2 is 1.84 bits per heavy atom. The van der Waals surface area contributed by atoms with Crippen LogP contribution in [0.3, 0.4) is 0 Å². The topological polar surface area (TPSA) is 75.6 Å². The predicted octanol–water partition coefficient (Wildman–Crippen LogP) is 0.126. The van der Waals surface area contributed by atoms with Gasteiger partial charge < -0.3 is 4.74 Å². The molecule has 1 fully saturated rings. The molecule has 0 N–H and O–H groups in total. The zero-order chi connectivity index (χ0) is 13.9. The third-order valence-electron chi connectivity index (χ3n) is 3.00. The Bertz CT molecular complexity index is 498. The van der Waals surface area contributed by atoms with Crippen LogP contribution in [-0.4, -0.2) is 60.3 Å². The van der Waals surface area contributed by atoms with Gasteiger partial charge >= 0.3 is 6.01 Å². The summed E-state index contributed by atoms with van der Waals surface area (Å²) in [6.07, 6.45) is 4.49. The van der Waals surface area contributed by atoms with Crippen LogP contribution in [0.25, 0.3) is 0 Å². The second-order valence-corrected chi connectivity index (χ2v) is 6.68. The zero-order valence-electron chi connectivity index (χ0n) is 11.1. The lowest BCUT2D eigenvalue weighted by atomic mass is 10.1. The molecule has 0 unspecified atom stereocenters. The highest BCUT2D eigenvalue weighted by molar-refractivity contribution is 7.86. The van der Waals surface area contributed by atoms with Crippen LogP contribution in [0.1, 0.15) is 12.8 Å². The molecule has 106 valence electrons. The van der Waals surface area contributed by atoms with Crippen LogP contribution in [-0.2, 0) is 10.2 Å². The van der Waals surface area contributed by atoms with Crippen LogP contribution in [0.4, 0.5) is 0 Å². The standard InChI is InChI=1S/C11H18N4O3S/c1-14(2)19(16,17)15-8-4-10(5-9-15)18-11-12-6-3-7-13-11/h3,6-7,10H,4-5,8-9H2,1-2H3. The summed E-state index contributed by atoms with van der Waals surface area (Å²) >= 11 is 0. The fraction of sp³-hybridized carbons (Fsp3) is 0.636. The molecule has 1 aliphatic rings. The molecule has 1 aromatic heterocycles. The van der Waals surface area contributed by atoms with Crippen LogP contribution in [0.15, 0.2) is 18.5 Å². The monoisotopic (exact) mass is 286 g/mol. The third kappa shape index (κ3) is 3.40. The molecule has 0 aliphatic carbocycles. The van der Waals surface area contributed by atoms with Crippen LogP contribution in [0.2, 0.25) is 0 Å². The summed E-state index contributed by atoms with van der Waals surface area (Å²) < 4.78 is 32.2. The lowest BCUT2D eigenvalue weighted by Crippen LogP contribution is -2.46. The summed E-state index contributed by atoms with van der Waals surface area (Å²) in [7, 11) is -0.242. The summed E-state index contributed by atoms with van der Waals surface area (Å²) in [6, 6.07) is 2.07. The summed E-state index contributed by atoms with van der Waals surface area (Å²) in [6.45, 7) is 0.913.